The first kappa shape index (κ1) is 17.9. The van der Waals surface area contributed by atoms with Gasteiger partial charge in [-0.1, -0.05) is 30.3 Å². The minimum atomic E-state index is -0.114. The standard InChI is InChI=1S/C21H23N3O2S/c1-12-13(2)27-21-18(12)20(26)22-16(23-21)10-11-17(25)24-19(15-8-9-15)14-6-4-3-5-7-14/h3-7,15,19H,8-11H2,1-2H3,(H,24,25)(H,22,23,26). The second kappa shape index (κ2) is 7.27. The molecule has 4 rings (SSSR count). The molecule has 3 aromatic rings. The van der Waals surface area contributed by atoms with Crippen LogP contribution in [0.4, 0.5) is 0 Å². The number of aryl methyl sites for hydroxylation is 3. The first-order valence-corrected chi connectivity index (χ1v) is 10.2. The predicted octanol–water partition coefficient (Wildman–Crippen LogP) is 3.80. The van der Waals surface area contributed by atoms with Gasteiger partial charge in [0.2, 0.25) is 5.91 Å². The van der Waals surface area contributed by atoms with E-state index in [0.29, 0.717) is 30.0 Å². The number of nitrogens with one attached hydrogen (secondary N) is 2. The van der Waals surface area contributed by atoms with Gasteiger partial charge in [0, 0.05) is 17.7 Å². The highest BCUT2D eigenvalue weighted by Gasteiger charge is 2.33. The van der Waals surface area contributed by atoms with E-state index in [2.05, 4.69) is 27.4 Å². The Morgan fingerprint density at radius 3 is 2.74 bits per heavy atom. The summed E-state index contributed by atoms with van der Waals surface area (Å²) in [6.07, 6.45) is 3.05. The normalized spacial score (nSPS) is 15.0. The summed E-state index contributed by atoms with van der Waals surface area (Å²) < 4.78 is 0. The molecular formula is C21H23N3O2S. The monoisotopic (exact) mass is 381 g/mol. The molecule has 2 aromatic heterocycles. The molecule has 1 aromatic carbocycles. The summed E-state index contributed by atoms with van der Waals surface area (Å²) in [5, 5.41) is 3.84. The van der Waals surface area contributed by atoms with Crippen LogP contribution in [-0.2, 0) is 11.2 Å². The van der Waals surface area contributed by atoms with Gasteiger partial charge in [-0.3, -0.25) is 9.59 Å². The quantitative estimate of drug-likeness (QED) is 0.682. The van der Waals surface area contributed by atoms with Gasteiger partial charge in [0.1, 0.15) is 10.7 Å². The molecule has 1 aliphatic carbocycles. The summed E-state index contributed by atoms with van der Waals surface area (Å²) in [6.45, 7) is 3.94. The van der Waals surface area contributed by atoms with Crippen molar-refractivity contribution in [1.82, 2.24) is 15.3 Å². The molecule has 0 radical (unpaired) electrons. The fraction of sp³-hybridized carbons (Fsp3) is 0.381. The maximum atomic E-state index is 12.5. The highest BCUT2D eigenvalue weighted by atomic mass is 32.1. The lowest BCUT2D eigenvalue weighted by molar-refractivity contribution is -0.122. The Bertz CT molecular complexity index is 1030. The molecule has 1 atom stereocenters. The smallest absolute Gasteiger partial charge is 0.259 e. The van der Waals surface area contributed by atoms with Gasteiger partial charge in [-0.05, 0) is 43.7 Å². The molecule has 0 spiro atoms. The van der Waals surface area contributed by atoms with Gasteiger partial charge < -0.3 is 10.3 Å². The van der Waals surface area contributed by atoms with Gasteiger partial charge in [0.25, 0.3) is 5.56 Å². The molecule has 140 valence electrons. The van der Waals surface area contributed by atoms with Gasteiger partial charge in [-0.2, -0.15) is 0 Å². The zero-order chi connectivity index (χ0) is 19.0. The molecular weight excluding hydrogens is 358 g/mol. The van der Waals surface area contributed by atoms with Crippen LogP contribution in [0.25, 0.3) is 10.2 Å². The zero-order valence-electron chi connectivity index (χ0n) is 15.5. The third-order valence-electron chi connectivity index (χ3n) is 5.25. The molecule has 0 aliphatic heterocycles. The van der Waals surface area contributed by atoms with E-state index in [9.17, 15) is 9.59 Å². The average Bonchev–Trinajstić information content (AvgIpc) is 3.45. The molecule has 27 heavy (non-hydrogen) atoms. The molecule has 1 aliphatic rings. The third kappa shape index (κ3) is 3.81. The maximum Gasteiger partial charge on any atom is 0.259 e. The Morgan fingerprint density at radius 2 is 2.04 bits per heavy atom. The van der Waals surface area contributed by atoms with Gasteiger partial charge in [0.05, 0.1) is 11.4 Å². The van der Waals surface area contributed by atoms with Crippen LogP contribution in [0.15, 0.2) is 35.1 Å². The van der Waals surface area contributed by atoms with Crippen LogP contribution >= 0.6 is 11.3 Å². The number of rotatable bonds is 6. The Labute approximate surface area is 161 Å². The maximum absolute atomic E-state index is 12.5. The Balaban J connectivity index is 1.44. The van der Waals surface area contributed by atoms with Crippen LogP contribution in [0.2, 0.25) is 0 Å². The molecule has 1 unspecified atom stereocenters. The fourth-order valence-corrected chi connectivity index (χ4v) is 4.51. The van der Waals surface area contributed by atoms with Crippen molar-refractivity contribution in [3.05, 3.63) is 62.5 Å². The molecule has 2 N–H and O–H groups in total. The minimum absolute atomic E-state index is 0.00274. The summed E-state index contributed by atoms with van der Waals surface area (Å²) in [6, 6.07) is 10.2. The summed E-state index contributed by atoms with van der Waals surface area (Å²) in [5.74, 6) is 1.10. The first-order valence-electron chi connectivity index (χ1n) is 9.36. The number of thiophene rings is 1. The number of nitrogens with zero attached hydrogens (tertiary/aromatic N) is 1. The molecule has 0 bridgehead atoms. The van der Waals surface area contributed by atoms with Crippen molar-refractivity contribution >= 4 is 27.5 Å². The largest absolute Gasteiger partial charge is 0.349 e. The molecule has 2 heterocycles. The van der Waals surface area contributed by atoms with Crippen molar-refractivity contribution in [3.8, 4) is 0 Å². The van der Waals surface area contributed by atoms with E-state index in [1.807, 2.05) is 32.0 Å². The number of benzene rings is 1. The van der Waals surface area contributed by atoms with Crippen molar-refractivity contribution in [3.63, 3.8) is 0 Å². The predicted molar refractivity (Wildman–Crippen MR) is 108 cm³/mol. The van der Waals surface area contributed by atoms with Crippen molar-refractivity contribution in [2.45, 2.75) is 45.6 Å². The molecule has 5 nitrogen and oxygen atoms in total. The van der Waals surface area contributed by atoms with E-state index < -0.39 is 0 Å². The number of carbonyl (C=O) groups excluding carboxylic acids is 1. The van der Waals surface area contributed by atoms with Gasteiger partial charge in [-0.25, -0.2) is 4.98 Å². The van der Waals surface area contributed by atoms with Crippen LogP contribution in [0.5, 0.6) is 0 Å². The Kier molecular flexibility index (Phi) is 4.83. The van der Waals surface area contributed by atoms with E-state index >= 15 is 0 Å². The average molecular weight is 382 g/mol. The molecule has 1 fully saturated rings. The van der Waals surface area contributed by atoms with Crippen LogP contribution in [-0.4, -0.2) is 15.9 Å². The summed E-state index contributed by atoms with van der Waals surface area (Å²) in [7, 11) is 0. The lowest BCUT2D eigenvalue weighted by Gasteiger charge is -2.18. The van der Waals surface area contributed by atoms with E-state index in [4.69, 9.17) is 0 Å². The number of hydrogen-bond acceptors (Lipinski definition) is 4. The van der Waals surface area contributed by atoms with Crippen LogP contribution in [0.3, 0.4) is 0 Å². The lowest BCUT2D eigenvalue weighted by Crippen LogP contribution is -2.30. The van der Waals surface area contributed by atoms with Crippen molar-refractivity contribution in [2.24, 2.45) is 5.92 Å². The summed E-state index contributed by atoms with van der Waals surface area (Å²) in [4.78, 5) is 34.1. The zero-order valence-corrected chi connectivity index (χ0v) is 16.4. The van der Waals surface area contributed by atoms with Crippen molar-refractivity contribution < 1.29 is 4.79 Å². The van der Waals surface area contributed by atoms with Crippen LogP contribution < -0.4 is 10.9 Å². The number of aromatic amines is 1. The fourth-order valence-electron chi connectivity index (χ4n) is 3.46. The number of carbonyl (C=O) groups is 1. The van der Waals surface area contributed by atoms with E-state index in [-0.39, 0.29) is 17.5 Å². The van der Waals surface area contributed by atoms with E-state index in [0.717, 1.165) is 33.7 Å². The Hall–Kier alpha value is -2.47. The topological polar surface area (TPSA) is 74.8 Å². The number of amides is 1. The summed E-state index contributed by atoms with van der Waals surface area (Å²) >= 11 is 1.53. The van der Waals surface area contributed by atoms with Crippen molar-refractivity contribution in [2.75, 3.05) is 0 Å². The molecule has 1 saturated carbocycles. The van der Waals surface area contributed by atoms with E-state index in [1.165, 1.54) is 11.3 Å². The number of H-pyrrole nitrogens is 1. The van der Waals surface area contributed by atoms with Gasteiger partial charge in [0.15, 0.2) is 0 Å². The second-order valence-corrected chi connectivity index (χ2v) is 8.47. The van der Waals surface area contributed by atoms with Gasteiger partial charge in [-0.15, -0.1) is 11.3 Å². The number of hydrogen-bond donors (Lipinski definition) is 2. The number of fused-ring (bicyclic) bond motifs is 1. The van der Waals surface area contributed by atoms with Crippen molar-refractivity contribution in [1.29, 1.82) is 0 Å². The molecule has 6 heteroatoms. The molecule has 1 amide bonds. The van der Waals surface area contributed by atoms with Crippen LogP contribution in [0, 0.1) is 19.8 Å². The highest BCUT2D eigenvalue weighted by molar-refractivity contribution is 7.18. The second-order valence-electron chi connectivity index (χ2n) is 7.27. The SMILES string of the molecule is Cc1sc2nc(CCC(=O)NC(c3ccccc3)C3CC3)[nH]c(=O)c2c1C. The highest BCUT2D eigenvalue weighted by Crippen LogP contribution is 2.41. The van der Waals surface area contributed by atoms with Crippen LogP contribution in [0.1, 0.15) is 47.1 Å². The first-order chi connectivity index (χ1) is 13.0. The molecule has 0 saturated heterocycles. The number of aromatic nitrogens is 2. The van der Waals surface area contributed by atoms with Gasteiger partial charge >= 0.3 is 0 Å². The minimum Gasteiger partial charge on any atom is -0.349 e. The third-order valence-corrected chi connectivity index (χ3v) is 6.35. The lowest BCUT2D eigenvalue weighted by atomic mass is 10.0. The Morgan fingerprint density at radius 1 is 1.30 bits per heavy atom. The van der Waals surface area contributed by atoms with E-state index in [1.54, 1.807) is 0 Å². The summed E-state index contributed by atoms with van der Waals surface area (Å²) in [5.41, 5.74) is 2.03.